The number of ether oxygens (including phenoxy) is 2. The smallest absolute Gasteiger partial charge is 0.181 e. The molecule has 0 N–H and O–H groups in total. The summed E-state index contributed by atoms with van der Waals surface area (Å²) in [6, 6.07) is 8.69. The first-order chi connectivity index (χ1) is 9.54. The van der Waals surface area contributed by atoms with Crippen molar-refractivity contribution in [2.24, 2.45) is 5.92 Å². The van der Waals surface area contributed by atoms with Gasteiger partial charge < -0.3 is 9.47 Å². The van der Waals surface area contributed by atoms with Crippen molar-refractivity contribution in [1.29, 1.82) is 0 Å². The van der Waals surface area contributed by atoms with E-state index in [4.69, 9.17) is 9.47 Å². The maximum Gasteiger partial charge on any atom is 0.181 e. The molecular formula is C15H20O4S. The molecule has 20 heavy (non-hydrogen) atoms. The van der Waals surface area contributed by atoms with Crippen LogP contribution >= 0.6 is 0 Å². The normalized spacial score (nSPS) is 29.6. The Balaban J connectivity index is 1.91. The van der Waals surface area contributed by atoms with E-state index in [1.165, 1.54) is 0 Å². The summed E-state index contributed by atoms with van der Waals surface area (Å²) in [5.41, 5.74) is 0. The summed E-state index contributed by atoms with van der Waals surface area (Å²) in [7, 11) is -3.33. The van der Waals surface area contributed by atoms with Gasteiger partial charge in [-0.15, -0.1) is 0 Å². The predicted molar refractivity (Wildman–Crippen MR) is 75.1 cm³/mol. The van der Waals surface area contributed by atoms with Crippen LogP contribution in [0.4, 0.5) is 0 Å². The van der Waals surface area contributed by atoms with E-state index in [-0.39, 0.29) is 5.92 Å². The lowest BCUT2D eigenvalue weighted by molar-refractivity contribution is -0.180. The van der Waals surface area contributed by atoms with Crippen LogP contribution in [0, 0.1) is 5.92 Å². The Kier molecular flexibility index (Phi) is 3.60. The molecule has 1 heterocycles. The summed E-state index contributed by atoms with van der Waals surface area (Å²) in [4.78, 5) is 0.395. The zero-order valence-corrected chi connectivity index (χ0v) is 12.4. The highest BCUT2D eigenvalue weighted by atomic mass is 32.2. The Morgan fingerprint density at radius 2 is 1.80 bits per heavy atom. The van der Waals surface area contributed by atoms with E-state index < -0.39 is 20.9 Å². The monoisotopic (exact) mass is 296 g/mol. The summed E-state index contributed by atoms with van der Waals surface area (Å²) in [6.07, 6.45) is 2.04. The van der Waals surface area contributed by atoms with Gasteiger partial charge in [-0.2, -0.15) is 0 Å². The predicted octanol–water partition coefficient (Wildman–Crippen LogP) is 2.39. The molecule has 0 amide bonds. The third kappa shape index (κ3) is 2.38. The van der Waals surface area contributed by atoms with Crippen molar-refractivity contribution in [3.63, 3.8) is 0 Å². The van der Waals surface area contributed by atoms with E-state index >= 15 is 0 Å². The molecule has 2 unspecified atom stereocenters. The van der Waals surface area contributed by atoms with Crippen molar-refractivity contribution in [2.45, 2.75) is 42.1 Å². The molecule has 3 rings (SSSR count). The van der Waals surface area contributed by atoms with Crippen LogP contribution in [-0.2, 0) is 19.3 Å². The Labute approximate surface area is 120 Å². The van der Waals surface area contributed by atoms with Gasteiger partial charge in [-0.05, 0) is 24.5 Å². The molecule has 1 saturated carbocycles. The fourth-order valence-corrected chi connectivity index (χ4v) is 5.31. The van der Waals surface area contributed by atoms with Gasteiger partial charge in [0.05, 0.1) is 23.4 Å². The zero-order valence-electron chi connectivity index (χ0n) is 11.6. The van der Waals surface area contributed by atoms with Crippen LogP contribution in [0.25, 0.3) is 0 Å². The first-order valence-electron chi connectivity index (χ1n) is 7.10. The molecule has 2 atom stereocenters. The highest BCUT2D eigenvalue weighted by Crippen LogP contribution is 2.42. The van der Waals surface area contributed by atoms with E-state index in [2.05, 4.69) is 0 Å². The first-order valence-corrected chi connectivity index (χ1v) is 8.65. The van der Waals surface area contributed by atoms with Gasteiger partial charge in [0.2, 0.25) is 0 Å². The third-order valence-corrected chi connectivity index (χ3v) is 6.77. The van der Waals surface area contributed by atoms with Crippen LogP contribution in [0.3, 0.4) is 0 Å². The Morgan fingerprint density at radius 3 is 2.45 bits per heavy atom. The molecule has 1 aliphatic heterocycles. The van der Waals surface area contributed by atoms with Crippen molar-refractivity contribution in [1.82, 2.24) is 0 Å². The largest absolute Gasteiger partial charge is 0.347 e. The SMILES string of the molecule is CC1CCC2(CC1S(=O)(=O)c1ccccc1)OCCO2. The lowest BCUT2D eigenvalue weighted by Gasteiger charge is -2.39. The molecule has 1 aliphatic carbocycles. The van der Waals surface area contributed by atoms with E-state index in [0.717, 1.165) is 12.8 Å². The lowest BCUT2D eigenvalue weighted by atomic mass is 9.86. The molecule has 1 aromatic carbocycles. The van der Waals surface area contributed by atoms with E-state index in [1.54, 1.807) is 24.3 Å². The van der Waals surface area contributed by atoms with E-state index in [9.17, 15) is 8.42 Å². The minimum absolute atomic E-state index is 0.124. The van der Waals surface area contributed by atoms with Gasteiger partial charge in [0.25, 0.3) is 0 Å². The zero-order chi connectivity index (χ0) is 14.2. The van der Waals surface area contributed by atoms with Crippen LogP contribution in [0.2, 0.25) is 0 Å². The minimum atomic E-state index is -3.33. The van der Waals surface area contributed by atoms with Gasteiger partial charge in [-0.1, -0.05) is 25.1 Å². The van der Waals surface area contributed by atoms with Crippen molar-refractivity contribution in [2.75, 3.05) is 13.2 Å². The summed E-state index contributed by atoms with van der Waals surface area (Å²) in [5, 5.41) is -0.434. The van der Waals surface area contributed by atoms with Gasteiger partial charge in [0.1, 0.15) is 0 Å². The third-order valence-electron chi connectivity index (χ3n) is 4.41. The summed E-state index contributed by atoms with van der Waals surface area (Å²) < 4.78 is 37.1. The molecule has 4 nitrogen and oxygen atoms in total. The fourth-order valence-electron chi connectivity index (χ4n) is 3.20. The standard InChI is InChI=1S/C15H20O4S/c1-12-7-8-15(18-9-10-19-15)11-14(12)20(16,17)13-5-3-2-4-6-13/h2-6,12,14H,7-11H2,1H3. The summed E-state index contributed by atoms with van der Waals surface area (Å²) >= 11 is 0. The molecule has 5 heteroatoms. The maximum atomic E-state index is 12.8. The molecule has 0 bridgehead atoms. The van der Waals surface area contributed by atoms with Crippen molar-refractivity contribution in [3.05, 3.63) is 30.3 Å². The summed E-state index contributed by atoms with van der Waals surface area (Å²) in [5.74, 6) is -0.544. The van der Waals surface area contributed by atoms with Crippen LogP contribution < -0.4 is 0 Å². The number of sulfone groups is 1. The lowest BCUT2D eigenvalue weighted by Crippen LogP contribution is -2.45. The van der Waals surface area contributed by atoms with Crippen molar-refractivity contribution < 1.29 is 17.9 Å². The fraction of sp³-hybridized carbons (Fsp3) is 0.600. The molecule has 1 saturated heterocycles. The van der Waals surface area contributed by atoms with Crippen molar-refractivity contribution in [3.8, 4) is 0 Å². The van der Waals surface area contributed by atoms with Gasteiger partial charge in [-0.3, -0.25) is 0 Å². The first kappa shape index (κ1) is 14.0. The molecule has 110 valence electrons. The number of hydrogen-bond donors (Lipinski definition) is 0. The molecule has 1 aromatic rings. The average molecular weight is 296 g/mol. The number of hydrogen-bond acceptors (Lipinski definition) is 4. The topological polar surface area (TPSA) is 52.6 Å². The Bertz CT molecular complexity index is 561. The second kappa shape index (κ2) is 5.13. The maximum absolute atomic E-state index is 12.8. The van der Waals surface area contributed by atoms with E-state index in [1.807, 2.05) is 13.0 Å². The Hall–Kier alpha value is -0.910. The quantitative estimate of drug-likeness (QED) is 0.841. The summed E-state index contributed by atoms with van der Waals surface area (Å²) in [6.45, 7) is 3.13. The highest BCUT2D eigenvalue weighted by Gasteiger charge is 2.48. The molecule has 0 aromatic heterocycles. The van der Waals surface area contributed by atoms with Crippen molar-refractivity contribution >= 4 is 9.84 Å². The van der Waals surface area contributed by atoms with Gasteiger partial charge in [-0.25, -0.2) is 8.42 Å². The molecule has 1 spiro atoms. The van der Waals surface area contributed by atoms with Gasteiger partial charge in [0.15, 0.2) is 15.6 Å². The number of benzene rings is 1. The van der Waals surface area contributed by atoms with Gasteiger partial charge >= 0.3 is 0 Å². The molecule has 0 radical (unpaired) electrons. The highest BCUT2D eigenvalue weighted by molar-refractivity contribution is 7.92. The molecule has 2 fully saturated rings. The second-order valence-corrected chi connectivity index (χ2v) is 7.89. The molecule has 2 aliphatic rings. The van der Waals surface area contributed by atoms with Crippen LogP contribution in [-0.4, -0.2) is 32.7 Å². The van der Waals surface area contributed by atoms with E-state index in [0.29, 0.717) is 24.5 Å². The minimum Gasteiger partial charge on any atom is -0.347 e. The van der Waals surface area contributed by atoms with Gasteiger partial charge in [0, 0.05) is 12.8 Å². The average Bonchev–Trinajstić information content (AvgIpc) is 2.91. The second-order valence-electron chi connectivity index (χ2n) is 5.72. The van der Waals surface area contributed by atoms with Crippen LogP contribution in [0.5, 0.6) is 0 Å². The van der Waals surface area contributed by atoms with Crippen LogP contribution in [0.15, 0.2) is 35.2 Å². The molecular weight excluding hydrogens is 276 g/mol. The Morgan fingerprint density at radius 1 is 1.15 bits per heavy atom. The number of rotatable bonds is 2. The van der Waals surface area contributed by atoms with Crippen LogP contribution in [0.1, 0.15) is 26.2 Å².